The number of hydrogen-bond donors (Lipinski definition) is 2. The number of nitrogens with two attached hydrogens (primary N) is 1. The maximum absolute atomic E-state index is 13.6. The highest BCUT2D eigenvalue weighted by atomic mass is 32.2. The maximum Gasteiger partial charge on any atom is 0.262 e. The topological polar surface area (TPSA) is 85.1 Å². The van der Waals surface area contributed by atoms with Crippen LogP contribution in [0.5, 0.6) is 0 Å². The van der Waals surface area contributed by atoms with Crippen LogP contribution in [0.4, 0.5) is 15.8 Å². The van der Waals surface area contributed by atoms with Gasteiger partial charge in [0.1, 0.15) is 0 Å². The Morgan fingerprint density at radius 2 is 1.90 bits per heavy atom. The minimum atomic E-state index is -3.94. The molecule has 0 amide bonds. The zero-order valence-corrected chi connectivity index (χ0v) is 12.8. The molecular formula is C14H16FN3O2S. The van der Waals surface area contributed by atoms with Crippen molar-refractivity contribution in [3.05, 3.63) is 47.0 Å². The number of sulfonamides is 1. The van der Waals surface area contributed by atoms with Crippen molar-refractivity contribution >= 4 is 21.4 Å². The lowest BCUT2D eigenvalue weighted by molar-refractivity contribution is 0.596. The lowest BCUT2D eigenvalue weighted by Gasteiger charge is -2.16. The van der Waals surface area contributed by atoms with Gasteiger partial charge in [0.15, 0.2) is 5.82 Å². The van der Waals surface area contributed by atoms with E-state index in [1.54, 1.807) is 26.8 Å². The maximum atomic E-state index is 13.6. The summed E-state index contributed by atoms with van der Waals surface area (Å²) in [4.78, 5) is 3.66. The van der Waals surface area contributed by atoms with Gasteiger partial charge < -0.3 is 5.73 Å². The third-order valence-electron chi connectivity index (χ3n) is 3.36. The van der Waals surface area contributed by atoms with Gasteiger partial charge in [-0.25, -0.2) is 12.8 Å². The second-order valence-electron chi connectivity index (χ2n) is 4.82. The summed E-state index contributed by atoms with van der Waals surface area (Å²) in [5, 5.41) is 0. The summed E-state index contributed by atoms with van der Waals surface area (Å²) in [5.41, 5.74) is 7.86. The van der Waals surface area contributed by atoms with Gasteiger partial charge >= 0.3 is 0 Å². The van der Waals surface area contributed by atoms with Crippen molar-refractivity contribution in [3.63, 3.8) is 0 Å². The Kier molecular flexibility index (Phi) is 3.87. The Balaban J connectivity index is 2.58. The fourth-order valence-corrected chi connectivity index (χ4v) is 3.74. The standard InChI is InChI=1S/C14H16FN3O2S/c1-8-6-12(16)10(3)14(9(8)2)21(19,20)18-13-4-5-17-7-11(13)15/h4-7H,16H2,1-3H3,(H,17,18). The van der Waals surface area contributed by atoms with Gasteiger partial charge in [-0.15, -0.1) is 0 Å². The molecule has 0 saturated heterocycles. The summed E-state index contributed by atoms with van der Waals surface area (Å²) in [6.45, 7) is 5.09. The van der Waals surface area contributed by atoms with Gasteiger partial charge in [0.05, 0.1) is 16.8 Å². The summed E-state index contributed by atoms with van der Waals surface area (Å²) in [6.07, 6.45) is 2.26. The second-order valence-corrected chi connectivity index (χ2v) is 6.44. The van der Waals surface area contributed by atoms with Crippen molar-refractivity contribution in [1.29, 1.82) is 0 Å². The smallest absolute Gasteiger partial charge is 0.262 e. The van der Waals surface area contributed by atoms with E-state index in [4.69, 9.17) is 5.73 Å². The molecule has 1 aromatic carbocycles. The minimum Gasteiger partial charge on any atom is -0.398 e. The number of aromatic nitrogens is 1. The SMILES string of the molecule is Cc1cc(N)c(C)c(S(=O)(=O)Nc2ccncc2F)c1C. The zero-order valence-electron chi connectivity index (χ0n) is 11.9. The number of benzene rings is 1. The van der Waals surface area contributed by atoms with E-state index in [1.165, 1.54) is 12.3 Å². The molecule has 0 unspecified atom stereocenters. The van der Waals surface area contributed by atoms with Crippen LogP contribution < -0.4 is 10.5 Å². The third kappa shape index (κ3) is 2.82. The molecule has 7 heteroatoms. The molecular weight excluding hydrogens is 293 g/mol. The molecule has 5 nitrogen and oxygen atoms in total. The van der Waals surface area contributed by atoms with Crippen LogP contribution in [0.25, 0.3) is 0 Å². The van der Waals surface area contributed by atoms with E-state index in [0.717, 1.165) is 11.8 Å². The predicted molar refractivity (Wildman–Crippen MR) is 80.1 cm³/mol. The van der Waals surface area contributed by atoms with Crippen LogP contribution in [0.15, 0.2) is 29.4 Å². The van der Waals surface area contributed by atoms with E-state index in [1.807, 2.05) is 0 Å². The number of nitrogens with zero attached hydrogens (tertiary/aromatic N) is 1. The lowest BCUT2D eigenvalue weighted by atomic mass is 10.1. The number of halogens is 1. The van der Waals surface area contributed by atoms with Crippen molar-refractivity contribution in [2.75, 3.05) is 10.5 Å². The number of rotatable bonds is 3. The van der Waals surface area contributed by atoms with Crippen LogP contribution in [0.1, 0.15) is 16.7 Å². The molecule has 1 aromatic heterocycles. The molecule has 0 saturated carbocycles. The van der Waals surface area contributed by atoms with Gasteiger partial charge in [0.25, 0.3) is 10.0 Å². The Labute approximate surface area is 123 Å². The Bertz CT molecular complexity index is 778. The fraction of sp³-hybridized carbons (Fsp3) is 0.214. The molecule has 2 aromatic rings. The number of nitrogens with one attached hydrogen (secondary N) is 1. The molecule has 0 aliphatic rings. The molecule has 0 radical (unpaired) electrons. The van der Waals surface area contributed by atoms with Crippen LogP contribution in [-0.4, -0.2) is 13.4 Å². The second kappa shape index (κ2) is 5.33. The molecule has 0 atom stereocenters. The molecule has 112 valence electrons. The minimum absolute atomic E-state index is 0.0798. The predicted octanol–water partition coefficient (Wildman–Crippen LogP) is 2.53. The van der Waals surface area contributed by atoms with E-state index in [-0.39, 0.29) is 10.6 Å². The number of pyridine rings is 1. The highest BCUT2D eigenvalue weighted by Gasteiger charge is 2.23. The number of aryl methyl sites for hydroxylation is 1. The van der Waals surface area contributed by atoms with Crippen molar-refractivity contribution in [2.24, 2.45) is 0 Å². The molecule has 3 N–H and O–H groups in total. The van der Waals surface area contributed by atoms with E-state index >= 15 is 0 Å². The molecule has 0 aliphatic carbocycles. The van der Waals surface area contributed by atoms with Crippen molar-refractivity contribution < 1.29 is 12.8 Å². The summed E-state index contributed by atoms with van der Waals surface area (Å²) in [6, 6.07) is 2.98. The zero-order chi connectivity index (χ0) is 15.8. The Hall–Kier alpha value is -2.15. The average Bonchev–Trinajstić information content (AvgIpc) is 2.39. The van der Waals surface area contributed by atoms with Crippen LogP contribution in [0, 0.1) is 26.6 Å². The molecule has 0 bridgehead atoms. The first kappa shape index (κ1) is 15.2. The van der Waals surface area contributed by atoms with Gasteiger partial charge in [-0.2, -0.15) is 0 Å². The van der Waals surface area contributed by atoms with E-state index in [0.29, 0.717) is 16.8 Å². The first-order valence-corrected chi connectivity index (χ1v) is 7.71. The van der Waals surface area contributed by atoms with Crippen molar-refractivity contribution in [2.45, 2.75) is 25.7 Å². The Morgan fingerprint density at radius 1 is 1.24 bits per heavy atom. The van der Waals surface area contributed by atoms with Gasteiger partial charge in [-0.1, -0.05) is 0 Å². The molecule has 0 fully saturated rings. The fourth-order valence-electron chi connectivity index (χ4n) is 2.10. The molecule has 0 aliphatic heterocycles. The van der Waals surface area contributed by atoms with Crippen LogP contribution in [-0.2, 0) is 10.0 Å². The molecule has 1 heterocycles. The summed E-state index contributed by atoms with van der Waals surface area (Å²) < 4.78 is 40.9. The van der Waals surface area contributed by atoms with Crippen LogP contribution in [0.2, 0.25) is 0 Å². The normalized spacial score (nSPS) is 11.4. The first-order chi connectivity index (χ1) is 9.74. The molecule has 2 rings (SSSR count). The van der Waals surface area contributed by atoms with Crippen molar-refractivity contribution in [1.82, 2.24) is 4.98 Å². The molecule has 21 heavy (non-hydrogen) atoms. The van der Waals surface area contributed by atoms with Gasteiger partial charge in [0, 0.05) is 11.9 Å². The lowest BCUT2D eigenvalue weighted by Crippen LogP contribution is -2.18. The number of anilines is 2. The highest BCUT2D eigenvalue weighted by molar-refractivity contribution is 7.92. The van der Waals surface area contributed by atoms with Gasteiger partial charge in [-0.3, -0.25) is 9.71 Å². The number of nitrogen functional groups attached to an aromatic ring is 1. The summed E-state index contributed by atoms with van der Waals surface area (Å²) in [7, 11) is -3.94. The highest BCUT2D eigenvalue weighted by Crippen LogP contribution is 2.29. The van der Waals surface area contributed by atoms with E-state index in [9.17, 15) is 12.8 Å². The third-order valence-corrected chi connectivity index (χ3v) is 5.00. The van der Waals surface area contributed by atoms with Gasteiger partial charge in [-0.05, 0) is 49.6 Å². The summed E-state index contributed by atoms with van der Waals surface area (Å²) >= 11 is 0. The van der Waals surface area contributed by atoms with Crippen LogP contribution >= 0.6 is 0 Å². The first-order valence-electron chi connectivity index (χ1n) is 6.22. The van der Waals surface area contributed by atoms with E-state index < -0.39 is 15.8 Å². The van der Waals surface area contributed by atoms with Crippen molar-refractivity contribution in [3.8, 4) is 0 Å². The quantitative estimate of drug-likeness (QED) is 0.853. The summed E-state index contributed by atoms with van der Waals surface area (Å²) in [5.74, 6) is -0.739. The average molecular weight is 309 g/mol. The monoisotopic (exact) mass is 309 g/mol. The Morgan fingerprint density at radius 3 is 2.52 bits per heavy atom. The van der Waals surface area contributed by atoms with E-state index in [2.05, 4.69) is 9.71 Å². The van der Waals surface area contributed by atoms with Gasteiger partial charge in [0.2, 0.25) is 0 Å². The number of hydrogen-bond acceptors (Lipinski definition) is 4. The largest absolute Gasteiger partial charge is 0.398 e. The van der Waals surface area contributed by atoms with Crippen LogP contribution in [0.3, 0.4) is 0 Å². The molecule has 0 spiro atoms.